The van der Waals surface area contributed by atoms with E-state index in [1.165, 1.54) is 12.8 Å². The Labute approximate surface area is 131 Å². The zero-order chi connectivity index (χ0) is 15.5. The molecule has 5 heteroatoms. The Kier molecular flexibility index (Phi) is 4.43. The number of rotatable bonds is 5. The number of nitrogens with zero attached hydrogens (tertiary/aromatic N) is 3. The van der Waals surface area contributed by atoms with Crippen LogP contribution in [0.2, 0.25) is 0 Å². The molecule has 1 aromatic heterocycles. The first-order chi connectivity index (χ1) is 10.7. The second kappa shape index (κ2) is 6.48. The molecule has 1 fully saturated rings. The lowest BCUT2D eigenvalue weighted by molar-refractivity contribution is -0.124. The molecule has 5 nitrogen and oxygen atoms in total. The summed E-state index contributed by atoms with van der Waals surface area (Å²) in [5.41, 5.74) is 1.00. The molecule has 0 radical (unpaired) electrons. The summed E-state index contributed by atoms with van der Waals surface area (Å²) < 4.78 is 1.80. The third-order valence-electron chi connectivity index (χ3n) is 4.67. The Morgan fingerprint density at radius 3 is 3.09 bits per heavy atom. The largest absolute Gasteiger partial charge is 0.353 e. The van der Waals surface area contributed by atoms with Crippen molar-refractivity contribution < 1.29 is 4.79 Å². The van der Waals surface area contributed by atoms with Crippen LogP contribution < -0.4 is 5.32 Å². The highest BCUT2D eigenvalue weighted by molar-refractivity contribution is 5.84. The molecule has 0 bridgehead atoms. The molecule has 2 atom stereocenters. The normalized spacial score (nSPS) is 20.4. The predicted molar refractivity (Wildman–Crippen MR) is 87.7 cm³/mol. The van der Waals surface area contributed by atoms with Crippen molar-refractivity contribution in [3.8, 4) is 0 Å². The molecule has 1 saturated heterocycles. The fraction of sp³-hybridized carbons (Fsp3) is 0.529. The Morgan fingerprint density at radius 2 is 2.27 bits per heavy atom. The monoisotopic (exact) mass is 300 g/mol. The topological polar surface area (TPSA) is 50.2 Å². The molecule has 22 heavy (non-hydrogen) atoms. The summed E-state index contributed by atoms with van der Waals surface area (Å²) in [6.07, 6.45) is 4.22. The van der Waals surface area contributed by atoms with Gasteiger partial charge in [0.2, 0.25) is 5.91 Å². The molecule has 1 N–H and O–H groups in total. The van der Waals surface area contributed by atoms with Gasteiger partial charge in [-0.1, -0.05) is 25.1 Å². The first-order valence-corrected chi connectivity index (χ1v) is 8.14. The molecule has 1 amide bonds. The van der Waals surface area contributed by atoms with E-state index < -0.39 is 0 Å². The maximum atomic E-state index is 12.4. The van der Waals surface area contributed by atoms with Gasteiger partial charge in [0, 0.05) is 18.0 Å². The first-order valence-electron chi connectivity index (χ1n) is 8.14. The number of likely N-dealkylation sites (tertiary alicyclic amines) is 1. The van der Waals surface area contributed by atoms with Gasteiger partial charge < -0.3 is 5.32 Å². The summed E-state index contributed by atoms with van der Waals surface area (Å²) in [7, 11) is 0. The summed E-state index contributed by atoms with van der Waals surface area (Å²) in [5.74, 6) is 0.0387. The third kappa shape index (κ3) is 2.86. The standard InChI is InChI=1S/C17H24N4O/c1-3-20-10-6-8-15(20)12-18-17(22)13(2)21-16-9-5-4-7-14(16)11-19-21/h4-5,7,9,11,13,15H,3,6,8,10,12H2,1-2H3,(H,18,22). The molecular formula is C17H24N4O. The lowest BCUT2D eigenvalue weighted by Crippen LogP contribution is -2.42. The lowest BCUT2D eigenvalue weighted by atomic mass is 10.2. The number of amides is 1. The SMILES string of the molecule is CCN1CCCC1CNC(=O)C(C)n1ncc2ccccc21. The summed E-state index contributed by atoms with van der Waals surface area (Å²) in [6.45, 7) is 7.02. The molecule has 0 saturated carbocycles. The zero-order valence-electron chi connectivity index (χ0n) is 13.3. The van der Waals surface area contributed by atoms with Crippen molar-refractivity contribution in [3.05, 3.63) is 30.5 Å². The van der Waals surface area contributed by atoms with Crippen LogP contribution in [0.4, 0.5) is 0 Å². The van der Waals surface area contributed by atoms with Gasteiger partial charge in [0.25, 0.3) is 0 Å². The molecule has 0 aliphatic carbocycles. The number of fused-ring (bicyclic) bond motifs is 1. The van der Waals surface area contributed by atoms with Crippen molar-refractivity contribution in [1.82, 2.24) is 20.0 Å². The number of hydrogen-bond acceptors (Lipinski definition) is 3. The molecule has 0 spiro atoms. The average Bonchev–Trinajstić information content (AvgIpc) is 3.18. The van der Waals surface area contributed by atoms with Crippen molar-refractivity contribution in [2.75, 3.05) is 19.6 Å². The van der Waals surface area contributed by atoms with Crippen LogP contribution >= 0.6 is 0 Å². The van der Waals surface area contributed by atoms with Crippen LogP contribution in [0.1, 0.15) is 32.7 Å². The van der Waals surface area contributed by atoms with E-state index >= 15 is 0 Å². The van der Waals surface area contributed by atoms with Gasteiger partial charge in [0.1, 0.15) is 6.04 Å². The number of carbonyl (C=O) groups is 1. The number of likely N-dealkylation sites (N-methyl/N-ethyl adjacent to an activating group) is 1. The Morgan fingerprint density at radius 1 is 1.45 bits per heavy atom. The van der Waals surface area contributed by atoms with Gasteiger partial charge in [-0.25, -0.2) is 0 Å². The van der Waals surface area contributed by atoms with Crippen LogP contribution in [0.25, 0.3) is 10.9 Å². The van der Waals surface area contributed by atoms with Crippen LogP contribution in [-0.4, -0.2) is 46.3 Å². The first kappa shape index (κ1) is 15.0. The van der Waals surface area contributed by atoms with Gasteiger partial charge in [-0.05, 0) is 38.9 Å². The summed E-state index contributed by atoms with van der Waals surface area (Å²) in [6, 6.07) is 8.16. The minimum Gasteiger partial charge on any atom is -0.353 e. The Balaban J connectivity index is 1.64. The number of hydrogen-bond donors (Lipinski definition) is 1. The van der Waals surface area contributed by atoms with E-state index in [1.54, 1.807) is 4.68 Å². The van der Waals surface area contributed by atoms with E-state index in [-0.39, 0.29) is 11.9 Å². The van der Waals surface area contributed by atoms with E-state index in [0.29, 0.717) is 6.04 Å². The van der Waals surface area contributed by atoms with Crippen LogP contribution in [0, 0.1) is 0 Å². The Bertz CT molecular complexity index is 651. The fourth-order valence-corrected chi connectivity index (χ4v) is 3.32. The number of nitrogens with one attached hydrogen (secondary N) is 1. The molecule has 2 aromatic rings. The van der Waals surface area contributed by atoms with Gasteiger partial charge in [-0.3, -0.25) is 14.4 Å². The smallest absolute Gasteiger partial charge is 0.244 e. The summed E-state index contributed by atoms with van der Waals surface area (Å²) >= 11 is 0. The van der Waals surface area contributed by atoms with Crippen LogP contribution in [0.15, 0.2) is 30.5 Å². The average molecular weight is 300 g/mol. The van der Waals surface area contributed by atoms with E-state index in [9.17, 15) is 4.79 Å². The molecular weight excluding hydrogens is 276 g/mol. The second-order valence-electron chi connectivity index (χ2n) is 5.99. The number of para-hydroxylation sites is 1. The van der Waals surface area contributed by atoms with Crippen molar-refractivity contribution in [1.29, 1.82) is 0 Å². The summed E-state index contributed by atoms with van der Waals surface area (Å²) in [4.78, 5) is 14.9. The van der Waals surface area contributed by atoms with Gasteiger partial charge in [0.05, 0.1) is 11.7 Å². The van der Waals surface area contributed by atoms with Gasteiger partial charge >= 0.3 is 0 Å². The van der Waals surface area contributed by atoms with E-state index in [0.717, 1.165) is 30.5 Å². The van der Waals surface area contributed by atoms with Crippen LogP contribution in [0.5, 0.6) is 0 Å². The van der Waals surface area contributed by atoms with Crippen molar-refractivity contribution >= 4 is 16.8 Å². The van der Waals surface area contributed by atoms with Gasteiger partial charge in [-0.2, -0.15) is 5.10 Å². The number of carbonyl (C=O) groups excluding carboxylic acids is 1. The molecule has 2 unspecified atom stereocenters. The van der Waals surface area contributed by atoms with E-state index in [1.807, 2.05) is 37.4 Å². The maximum Gasteiger partial charge on any atom is 0.244 e. The lowest BCUT2D eigenvalue weighted by Gasteiger charge is -2.23. The minimum absolute atomic E-state index is 0.0387. The molecule has 2 heterocycles. The summed E-state index contributed by atoms with van der Waals surface area (Å²) in [5, 5.41) is 8.54. The minimum atomic E-state index is -0.295. The molecule has 3 rings (SSSR count). The second-order valence-corrected chi connectivity index (χ2v) is 5.99. The van der Waals surface area contributed by atoms with Crippen LogP contribution in [0.3, 0.4) is 0 Å². The highest BCUT2D eigenvalue weighted by Gasteiger charge is 2.24. The third-order valence-corrected chi connectivity index (χ3v) is 4.67. The molecule has 118 valence electrons. The van der Waals surface area contributed by atoms with Crippen molar-refractivity contribution in [3.63, 3.8) is 0 Å². The van der Waals surface area contributed by atoms with E-state index in [4.69, 9.17) is 0 Å². The predicted octanol–water partition coefficient (Wildman–Crippen LogP) is 2.20. The number of benzene rings is 1. The highest BCUT2D eigenvalue weighted by atomic mass is 16.2. The molecule has 1 aromatic carbocycles. The van der Waals surface area contributed by atoms with E-state index in [2.05, 4.69) is 22.2 Å². The molecule has 1 aliphatic rings. The highest BCUT2D eigenvalue weighted by Crippen LogP contribution is 2.18. The van der Waals surface area contributed by atoms with Crippen LogP contribution in [-0.2, 0) is 4.79 Å². The van der Waals surface area contributed by atoms with Crippen molar-refractivity contribution in [2.24, 2.45) is 0 Å². The zero-order valence-corrected chi connectivity index (χ0v) is 13.3. The number of aromatic nitrogens is 2. The van der Waals surface area contributed by atoms with Crippen molar-refractivity contribution in [2.45, 2.75) is 38.8 Å². The molecule has 1 aliphatic heterocycles. The maximum absolute atomic E-state index is 12.4. The Hall–Kier alpha value is -1.88. The fourth-order valence-electron chi connectivity index (χ4n) is 3.32. The quantitative estimate of drug-likeness (QED) is 0.921. The van der Waals surface area contributed by atoms with Gasteiger partial charge in [-0.15, -0.1) is 0 Å². The van der Waals surface area contributed by atoms with Gasteiger partial charge in [0.15, 0.2) is 0 Å².